The largest absolute Gasteiger partial charge is 0.389 e. The molecule has 0 amide bonds. The van der Waals surface area contributed by atoms with Crippen molar-refractivity contribution in [3.8, 4) is 0 Å². The summed E-state index contributed by atoms with van der Waals surface area (Å²) in [5, 5.41) is 17.1. The highest BCUT2D eigenvalue weighted by Gasteiger charge is 2.23. The lowest BCUT2D eigenvalue weighted by atomic mass is 10.2. The van der Waals surface area contributed by atoms with Crippen LogP contribution in [0.15, 0.2) is 12.3 Å². The van der Waals surface area contributed by atoms with Crippen LogP contribution in [-0.4, -0.2) is 27.8 Å². The van der Waals surface area contributed by atoms with E-state index in [1.165, 1.54) is 6.07 Å². The van der Waals surface area contributed by atoms with Crippen LogP contribution in [0.2, 0.25) is 0 Å². The van der Waals surface area contributed by atoms with Crippen molar-refractivity contribution in [2.24, 2.45) is 0 Å². The Labute approximate surface area is 68.3 Å². The lowest BCUT2D eigenvalue weighted by Crippen LogP contribution is -2.43. The Bertz CT molecular complexity index is 304. The quantitative estimate of drug-likeness (QED) is 0.495. The van der Waals surface area contributed by atoms with Gasteiger partial charge in [-0.1, -0.05) is 0 Å². The van der Waals surface area contributed by atoms with Gasteiger partial charge in [-0.3, -0.25) is 0 Å². The second kappa shape index (κ2) is 2.56. The third-order valence-corrected chi connectivity index (χ3v) is 1.92. The molecular formula is C6H8N4O2. The highest BCUT2D eigenvalue weighted by atomic mass is 16.6. The van der Waals surface area contributed by atoms with Gasteiger partial charge in [-0.05, 0) is 4.92 Å². The van der Waals surface area contributed by atoms with E-state index >= 15 is 0 Å². The first kappa shape index (κ1) is 7.23. The highest BCUT2D eigenvalue weighted by Crippen LogP contribution is 2.13. The zero-order valence-electron chi connectivity index (χ0n) is 6.30. The first-order chi connectivity index (χ1) is 5.77. The molecule has 1 saturated heterocycles. The zero-order valence-corrected chi connectivity index (χ0v) is 6.30. The molecule has 1 N–H and O–H groups in total. The van der Waals surface area contributed by atoms with Crippen LogP contribution < -0.4 is 5.32 Å². The third kappa shape index (κ3) is 1.06. The summed E-state index contributed by atoms with van der Waals surface area (Å²) in [4.78, 5) is 9.77. The molecule has 1 aliphatic rings. The molecule has 0 saturated carbocycles. The lowest BCUT2D eigenvalue weighted by molar-refractivity contribution is -0.389. The van der Waals surface area contributed by atoms with Gasteiger partial charge in [0.15, 0.2) is 0 Å². The van der Waals surface area contributed by atoms with E-state index in [9.17, 15) is 10.1 Å². The molecule has 0 bridgehead atoms. The average molecular weight is 168 g/mol. The monoisotopic (exact) mass is 168 g/mol. The molecule has 64 valence electrons. The number of hydrogen-bond acceptors (Lipinski definition) is 4. The van der Waals surface area contributed by atoms with Crippen LogP contribution in [0.5, 0.6) is 0 Å². The Morgan fingerprint density at radius 2 is 2.50 bits per heavy atom. The van der Waals surface area contributed by atoms with Gasteiger partial charge < -0.3 is 15.4 Å². The van der Waals surface area contributed by atoms with E-state index in [-0.39, 0.29) is 5.82 Å². The molecule has 1 aliphatic heterocycles. The summed E-state index contributed by atoms with van der Waals surface area (Å²) in [5.41, 5.74) is 0. The molecule has 0 aliphatic carbocycles. The Balaban J connectivity index is 2.17. The number of nitrogens with zero attached hydrogens (tertiary/aromatic N) is 3. The molecule has 2 heterocycles. The van der Waals surface area contributed by atoms with E-state index in [1.807, 2.05) is 0 Å². The van der Waals surface area contributed by atoms with Gasteiger partial charge in [-0.2, -0.15) is 4.68 Å². The van der Waals surface area contributed by atoms with Crippen LogP contribution in [0.3, 0.4) is 0 Å². The van der Waals surface area contributed by atoms with Gasteiger partial charge in [0.2, 0.25) is 0 Å². The Morgan fingerprint density at radius 1 is 1.75 bits per heavy atom. The maximum atomic E-state index is 10.3. The summed E-state index contributed by atoms with van der Waals surface area (Å²) < 4.78 is 1.63. The van der Waals surface area contributed by atoms with Gasteiger partial charge in [0.25, 0.3) is 0 Å². The van der Waals surface area contributed by atoms with Gasteiger partial charge in [0, 0.05) is 13.1 Å². The summed E-state index contributed by atoms with van der Waals surface area (Å²) >= 11 is 0. The van der Waals surface area contributed by atoms with Crippen LogP contribution in [0.4, 0.5) is 5.82 Å². The normalized spacial score (nSPS) is 17.3. The average Bonchev–Trinajstić information content (AvgIpc) is 2.32. The molecule has 1 aromatic rings. The molecule has 6 heteroatoms. The predicted molar refractivity (Wildman–Crippen MR) is 40.8 cm³/mol. The fraction of sp³-hybridized carbons (Fsp3) is 0.500. The Kier molecular flexibility index (Phi) is 1.54. The van der Waals surface area contributed by atoms with Gasteiger partial charge in [-0.15, -0.1) is 0 Å². The van der Waals surface area contributed by atoms with Crippen molar-refractivity contribution >= 4 is 5.82 Å². The Hall–Kier alpha value is -1.43. The smallest absolute Gasteiger partial charge is 0.358 e. The minimum absolute atomic E-state index is 0.0816. The molecule has 0 unspecified atom stereocenters. The van der Waals surface area contributed by atoms with E-state index in [4.69, 9.17) is 0 Å². The van der Waals surface area contributed by atoms with Crippen LogP contribution >= 0.6 is 0 Å². The second-order valence-corrected chi connectivity index (χ2v) is 2.72. The summed E-state index contributed by atoms with van der Waals surface area (Å²) in [5.74, 6) is -0.0816. The zero-order chi connectivity index (χ0) is 8.55. The fourth-order valence-electron chi connectivity index (χ4n) is 1.09. The highest BCUT2D eigenvalue weighted by molar-refractivity contribution is 5.14. The van der Waals surface area contributed by atoms with Crippen molar-refractivity contribution < 1.29 is 4.92 Å². The molecule has 6 nitrogen and oxygen atoms in total. The number of nitro groups is 1. The maximum Gasteiger partial charge on any atom is 0.389 e. The molecule has 0 aromatic carbocycles. The third-order valence-electron chi connectivity index (χ3n) is 1.92. The second-order valence-electron chi connectivity index (χ2n) is 2.72. The van der Waals surface area contributed by atoms with Crippen LogP contribution in [0.25, 0.3) is 0 Å². The molecule has 1 aromatic heterocycles. The summed E-state index contributed by atoms with van der Waals surface area (Å²) in [6, 6.07) is 1.71. The van der Waals surface area contributed by atoms with Crippen molar-refractivity contribution in [2.45, 2.75) is 6.04 Å². The lowest BCUT2D eigenvalue weighted by Gasteiger charge is -2.24. The van der Waals surface area contributed by atoms with Crippen LogP contribution in [0.1, 0.15) is 6.04 Å². The van der Waals surface area contributed by atoms with Gasteiger partial charge in [0.05, 0.1) is 23.4 Å². The first-order valence-corrected chi connectivity index (χ1v) is 3.67. The minimum atomic E-state index is -0.484. The topological polar surface area (TPSA) is 73.0 Å². The molecular weight excluding hydrogens is 160 g/mol. The number of hydrogen-bond donors (Lipinski definition) is 1. The molecule has 0 radical (unpaired) electrons. The number of aromatic nitrogens is 2. The predicted octanol–water partition coefficient (Wildman–Crippen LogP) is -0.0644. The van der Waals surface area contributed by atoms with Crippen molar-refractivity contribution in [3.63, 3.8) is 0 Å². The van der Waals surface area contributed by atoms with E-state index < -0.39 is 4.92 Å². The molecule has 12 heavy (non-hydrogen) atoms. The molecule has 0 spiro atoms. The first-order valence-electron chi connectivity index (χ1n) is 3.67. The number of rotatable bonds is 2. The Morgan fingerprint density at radius 3 is 2.92 bits per heavy atom. The van der Waals surface area contributed by atoms with Crippen LogP contribution in [0, 0.1) is 10.1 Å². The van der Waals surface area contributed by atoms with Crippen molar-refractivity contribution in [1.29, 1.82) is 0 Å². The minimum Gasteiger partial charge on any atom is -0.358 e. The van der Waals surface area contributed by atoms with Gasteiger partial charge >= 0.3 is 5.82 Å². The molecule has 1 fully saturated rings. The van der Waals surface area contributed by atoms with E-state index in [0.29, 0.717) is 6.04 Å². The standard InChI is InChI=1S/C6H8N4O2/c11-10(12)6-1-2-9(8-6)5-3-7-4-5/h1-2,5,7H,3-4H2. The summed E-state index contributed by atoms with van der Waals surface area (Å²) in [6.45, 7) is 1.69. The molecule has 2 rings (SSSR count). The van der Waals surface area contributed by atoms with E-state index in [2.05, 4.69) is 10.4 Å². The number of nitrogens with one attached hydrogen (secondary N) is 1. The van der Waals surface area contributed by atoms with Crippen molar-refractivity contribution in [2.75, 3.05) is 13.1 Å². The van der Waals surface area contributed by atoms with Crippen molar-refractivity contribution in [1.82, 2.24) is 15.1 Å². The van der Waals surface area contributed by atoms with Gasteiger partial charge in [-0.25, -0.2) is 0 Å². The SMILES string of the molecule is O=[N+]([O-])c1ccn(C2CNC2)n1. The van der Waals surface area contributed by atoms with E-state index in [0.717, 1.165) is 13.1 Å². The van der Waals surface area contributed by atoms with Crippen LogP contribution in [-0.2, 0) is 0 Å². The van der Waals surface area contributed by atoms with Crippen molar-refractivity contribution in [3.05, 3.63) is 22.4 Å². The summed E-state index contributed by atoms with van der Waals surface area (Å²) in [6.07, 6.45) is 1.64. The summed E-state index contributed by atoms with van der Waals surface area (Å²) in [7, 11) is 0. The maximum absolute atomic E-state index is 10.3. The molecule has 0 atom stereocenters. The van der Waals surface area contributed by atoms with E-state index in [1.54, 1.807) is 10.9 Å². The van der Waals surface area contributed by atoms with Gasteiger partial charge in [0.1, 0.15) is 0 Å². The fourth-order valence-corrected chi connectivity index (χ4v) is 1.09.